The highest BCUT2D eigenvalue weighted by atomic mass is 16.3. The van der Waals surface area contributed by atoms with Crippen LogP contribution < -0.4 is 4.90 Å². The van der Waals surface area contributed by atoms with E-state index in [0.717, 1.165) is 17.8 Å². The Balaban J connectivity index is 2.43. The number of urea groups is 1. The fourth-order valence-corrected chi connectivity index (χ4v) is 2.10. The van der Waals surface area contributed by atoms with Crippen molar-refractivity contribution in [3.8, 4) is 0 Å². The lowest BCUT2D eigenvalue weighted by Crippen LogP contribution is -2.31. The fraction of sp³-hybridized carbons (Fsp3) is 0.462. The second kappa shape index (κ2) is 4.04. The highest BCUT2D eigenvalue weighted by Crippen LogP contribution is 2.31. The van der Waals surface area contributed by atoms with Crippen LogP contribution in [0.2, 0.25) is 0 Å². The average molecular weight is 234 g/mol. The minimum atomic E-state index is -0.946. The van der Waals surface area contributed by atoms with Crippen LogP contribution in [0.1, 0.15) is 19.4 Å². The van der Waals surface area contributed by atoms with Gasteiger partial charge in [-0.2, -0.15) is 0 Å². The van der Waals surface area contributed by atoms with Crippen molar-refractivity contribution in [2.24, 2.45) is 0 Å². The first kappa shape index (κ1) is 11.9. The molecule has 0 unspecified atom stereocenters. The zero-order chi connectivity index (χ0) is 12.6. The molecule has 0 radical (unpaired) electrons. The fourth-order valence-electron chi connectivity index (χ4n) is 2.10. The van der Waals surface area contributed by atoms with Crippen molar-refractivity contribution < 1.29 is 9.90 Å². The summed E-state index contributed by atoms with van der Waals surface area (Å²) in [5, 5.41) is 10.1. The van der Waals surface area contributed by atoms with E-state index < -0.39 is 5.60 Å². The number of amides is 2. The molecule has 1 aliphatic heterocycles. The Hall–Kier alpha value is -1.55. The standard InChI is InChI=1S/C13H18N2O2/c1-13(2,17)10-6-4-5-7-11(10)15-9-8-14(3)12(15)16/h4-7,17H,8-9H2,1-3H3. The van der Waals surface area contributed by atoms with Gasteiger partial charge in [0.2, 0.25) is 0 Å². The van der Waals surface area contributed by atoms with Gasteiger partial charge in [-0.25, -0.2) is 4.79 Å². The van der Waals surface area contributed by atoms with Gasteiger partial charge in [0, 0.05) is 25.7 Å². The molecule has 2 rings (SSSR count). The van der Waals surface area contributed by atoms with Crippen LogP contribution in [0.4, 0.5) is 10.5 Å². The molecule has 4 nitrogen and oxygen atoms in total. The number of hydrogen-bond acceptors (Lipinski definition) is 2. The topological polar surface area (TPSA) is 43.8 Å². The van der Waals surface area contributed by atoms with E-state index in [4.69, 9.17) is 0 Å². The Kier molecular flexibility index (Phi) is 2.83. The molecule has 0 saturated carbocycles. The van der Waals surface area contributed by atoms with Gasteiger partial charge in [-0.05, 0) is 19.9 Å². The molecule has 1 fully saturated rings. The molecule has 1 N–H and O–H groups in total. The zero-order valence-electron chi connectivity index (χ0n) is 10.5. The SMILES string of the molecule is CN1CCN(c2ccccc2C(C)(C)O)C1=O. The first-order chi connectivity index (χ1) is 7.91. The van der Waals surface area contributed by atoms with Crippen molar-refractivity contribution in [3.63, 3.8) is 0 Å². The summed E-state index contributed by atoms with van der Waals surface area (Å²) >= 11 is 0. The maximum atomic E-state index is 12.0. The number of aliphatic hydroxyl groups is 1. The smallest absolute Gasteiger partial charge is 0.324 e. The number of anilines is 1. The third-order valence-corrected chi connectivity index (χ3v) is 3.07. The van der Waals surface area contributed by atoms with E-state index in [1.165, 1.54) is 0 Å². The molecule has 0 aliphatic carbocycles. The second-order valence-corrected chi connectivity index (χ2v) is 4.93. The first-order valence-corrected chi connectivity index (χ1v) is 5.76. The van der Waals surface area contributed by atoms with Gasteiger partial charge in [0.1, 0.15) is 0 Å². The van der Waals surface area contributed by atoms with E-state index in [1.807, 2.05) is 24.3 Å². The van der Waals surface area contributed by atoms with Crippen LogP contribution in [-0.2, 0) is 5.60 Å². The Morgan fingerprint density at radius 3 is 2.41 bits per heavy atom. The van der Waals surface area contributed by atoms with Crippen LogP contribution in [0.3, 0.4) is 0 Å². The van der Waals surface area contributed by atoms with Crippen molar-refractivity contribution in [3.05, 3.63) is 29.8 Å². The minimum Gasteiger partial charge on any atom is -0.386 e. The van der Waals surface area contributed by atoms with Crippen LogP contribution in [0.5, 0.6) is 0 Å². The monoisotopic (exact) mass is 234 g/mol. The Morgan fingerprint density at radius 1 is 1.24 bits per heavy atom. The normalized spacial score (nSPS) is 16.8. The van der Waals surface area contributed by atoms with Gasteiger partial charge >= 0.3 is 6.03 Å². The number of para-hydroxylation sites is 1. The van der Waals surface area contributed by atoms with Gasteiger partial charge in [0.15, 0.2) is 0 Å². The first-order valence-electron chi connectivity index (χ1n) is 5.76. The highest BCUT2D eigenvalue weighted by molar-refractivity contribution is 5.94. The van der Waals surface area contributed by atoms with Crippen LogP contribution in [0.25, 0.3) is 0 Å². The Labute approximate surface area is 101 Å². The molecule has 2 amide bonds. The Bertz CT molecular complexity index is 437. The number of benzene rings is 1. The summed E-state index contributed by atoms with van der Waals surface area (Å²) in [7, 11) is 1.79. The number of carbonyl (C=O) groups excluding carboxylic acids is 1. The highest BCUT2D eigenvalue weighted by Gasteiger charge is 2.31. The summed E-state index contributed by atoms with van der Waals surface area (Å²) in [5.41, 5.74) is 0.635. The van der Waals surface area contributed by atoms with Crippen LogP contribution in [0, 0.1) is 0 Å². The molecule has 92 valence electrons. The molecule has 0 spiro atoms. The van der Waals surface area contributed by atoms with Gasteiger partial charge in [-0.15, -0.1) is 0 Å². The third-order valence-electron chi connectivity index (χ3n) is 3.07. The summed E-state index contributed by atoms with van der Waals surface area (Å²) in [6.07, 6.45) is 0. The molecular formula is C13H18N2O2. The van der Waals surface area contributed by atoms with Crippen LogP contribution >= 0.6 is 0 Å². The lowest BCUT2D eigenvalue weighted by atomic mass is 9.96. The van der Waals surface area contributed by atoms with E-state index in [2.05, 4.69) is 0 Å². The van der Waals surface area contributed by atoms with Gasteiger partial charge in [-0.3, -0.25) is 4.90 Å². The van der Waals surface area contributed by atoms with Gasteiger partial charge < -0.3 is 10.0 Å². The molecule has 1 aromatic carbocycles. The molecule has 1 heterocycles. The molecule has 1 aromatic rings. The van der Waals surface area contributed by atoms with Crippen molar-refractivity contribution in [1.29, 1.82) is 0 Å². The average Bonchev–Trinajstić information content (AvgIpc) is 2.59. The van der Waals surface area contributed by atoms with Crippen molar-refractivity contribution >= 4 is 11.7 Å². The van der Waals surface area contributed by atoms with E-state index >= 15 is 0 Å². The third kappa shape index (κ3) is 2.13. The maximum Gasteiger partial charge on any atom is 0.324 e. The quantitative estimate of drug-likeness (QED) is 0.847. The van der Waals surface area contributed by atoms with Crippen molar-refractivity contribution in [2.45, 2.75) is 19.4 Å². The van der Waals surface area contributed by atoms with Crippen LogP contribution in [-0.4, -0.2) is 36.2 Å². The number of nitrogens with zero attached hydrogens (tertiary/aromatic N) is 2. The zero-order valence-corrected chi connectivity index (χ0v) is 10.5. The van der Waals surface area contributed by atoms with Gasteiger partial charge in [0.05, 0.1) is 11.3 Å². The summed E-state index contributed by atoms with van der Waals surface area (Å²) in [5.74, 6) is 0. The summed E-state index contributed by atoms with van der Waals surface area (Å²) in [4.78, 5) is 15.4. The number of likely N-dealkylation sites (N-methyl/N-ethyl adjacent to an activating group) is 1. The second-order valence-electron chi connectivity index (χ2n) is 4.93. The molecule has 4 heteroatoms. The predicted octanol–water partition coefficient (Wildman–Crippen LogP) is 1.79. The number of carbonyl (C=O) groups is 1. The number of hydrogen-bond donors (Lipinski definition) is 1. The summed E-state index contributed by atoms with van der Waals surface area (Å²) < 4.78 is 0. The van der Waals surface area contributed by atoms with Crippen molar-refractivity contribution in [1.82, 2.24) is 4.90 Å². The molecule has 1 aliphatic rings. The maximum absolute atomic E-state index is 12.0. The lowest BCUT2D eigenvalue weighted by Gasteiger charge is -2.26. The van der Waals surface area contributed by atoms with Crippen LogP contribution in [0.15, 0.2) is 24.3 Å². The molecule has 0 aromatic heterocycles. The predicted molar refractivity (Wildman–Crippen MR) is 67.1 cm³/mol. The van der Waals surface area contributed by atoms with E-state index in [1.54, 1.807) is 30.7 Å². The molecule has 17 heavy (non-hydrogen) atoms. The number of rotatable bonds is 2. The van der Waals surface area contributed by atoms with Gasteiger partial charge in [0.25, 0.3) is 0 Å². The van der Waals surface area contributed by atoms with E-state index in [0.29, 0.717) is 6.54 Å². The Morgan fingerprint density at radius 2 is 1.88 bits per heavy atom. The van der Waals surface area contributed by atoms with Gasteiger partial charge in [-0.1, -0.05) is 18.2 Å². The molecule has 0 atom stereocenters. The molecule has 1 saturated heterocycles. The van der Waals surface area contributed by atoms with Crippen molar-refractivity contribution in [2.75, 3.05) is 25.0 Å². The minimum absolute atomic E-state index is 0.0123. The molecule has 0 bridgehead atoms. The van der Waals surface area contributed by atoms with E-state index in [-0.39, 0.29) is 6.03 Å². The summed E-state index contributed by atoms with van der Waals surface area (Å²) in [6.45, 7) is 4.85. The lowest BCUT2D eigenvalue weighted by molar-refractivity contribution is 0.0791. The largest absolute Gasteiger partial charge is 0.386 e. The summed E-state index contributed by atoms with van der Waals surface area (Å²) in [6, 6.07) is 7.49. The van der Waals surface area contributed by atoms with E-state index in [9.17, 15) is 9.90 Å². The molecular weight excluding hydrogens is 216 g/mol.